The number of hydrogen-bond donors (Lipinski definition) is 1. The van der Waals surface area contributed by atoms with Gasteiger partial charge in [0, 0.05) is 26.1 Å². The van der Waals surface area contributed by atoms with E-state index in [-0.39, 0.29) is 12.4 Å². The largest absolute Gasteiger partial charge is 0.345 e. The van der Waals surface area contributed by atoms with E-state index in [1.165, 1.54) is 32.1 Å². The average Bonchev–Trinajstić information content (AvgIpc) is 2.63. The molecule has 4 heteroatoms. The van der Waals surface area contributed by atoms with Gasteiger partial charge in [-0.1, -0.05) is 6.42 Å². The Kier molecular flexibility index (Phi) is 5.56. The summed E-state index contributed by atoms with van der Waals surface area (Å²) in [5.41, 5.74) is 0. The van der Waals surface area contributed by atoms with Crippen LogP contribution in [0.2, 0.25) is 0 Å². The summed E-state index contributed by atoms with van der Waals surface area (Å²) in [5, 5.41) is 3.38. The second-order valence-electron chi connectivity index (χ2n) is 5.07. The van der Waals surface area contributed by atoms with Gasteiger partial charge in [0.05, 0.1) is 0 Å². The number of rotatable bonds is 4. The monoisotopic (exact) mass is 246 g/mol. The van der Waals surface area contributed by atoms with E-state index < -0.39 is 0 Å². The van der Waals surface area contributed by atoms with Gasteiger partial charge in [-0.05, 0) is 38.1 Å². The normalized spacial score (nSPS) is 24.7. The van der Waals surface area contributed by atoms with E-state index >= 15 is 0 Å². The Morgan fingerprint density at radius 3 is 2.56 bits per heavy atom. The SMILES string of the molecule is CN(CC1CCC1)C(=O)CC1CCCN1.Cl. The molecular weight excluding hydrogens is 224 g/mol. The predicted molar refractivity (Wildman–Crippen MR) is 67.9 cm³/mol. The van der Waals surface area contributed by atoms with E-state index in [9.17, 15) is 4.79 Å². The lowest BCUT2D eigenvalue weighted by atomic mass is 9.85. The first-order valence-corrected chi connectivity index (χ1v) is 6.23. The standard InChI is InChI=1S/C12H22N2O.ClH/c1-14(9-10-4-2-5-10)12(15)8-11-6-3-7-13-11;/h10-11,13H,2-9H2,1H3;1H. The molecule has 1 unspecified atom stereocenters. The van der Waals surface area contributed by atoms with Gasteiger partial charge in [0.15, 0.2) is 0 Å². The summed E-state index contributed by atoms with van der Waals surface area (Å²) in [6.45, 7) is 2.07. The van der Waals surface area contributed by atoms with E-state index in [0.717, 1.165) is 19.0 Å². The first-order chi connectivity index (χ1) is 7.25. The lowest BCUT2D eigenvalue weighted by molar-refractivity contribution is -0.131. The molecule has 1 saturated carbocycles. The molecular formula is C12H23ClN2O. The highest BCUT2D eigenvalue weighted by molar-refractivity contribution is 5.85. The van der Waals surface area contributed by atoms with E-state index in [2.05, 4.69) is 5.32 Å². The quantitative estimate of drug-likeness (QED) is 0.821. The maximum Gasteiger partial charge on any atom is 0.223 e. The molecule has 1 amide bonds. The van der Waals surface area contributed by atoms with Crippen LogP contribution in [0.5, 0.6) is 0 Å². The lowest BCUT2D eigenvalue weighted by Gasteiger charge is -2.30. The molecule has 0 aromatic rings. The molecule has 1 N–H and O–H groups in total. The van der Waals surface area contributed by atoms with Crippen molar-refractivity contribution in [3.63, 3.8) is 0 Å². The second-order valence-corrected chi connectivity index (χ2v) is 5.07. The smallest absolute Gasteiger partial charge is 0.223 e. The molecule has 0 spiro atoms. The Labute approximate surface area is 104 Å². The van der Waals surface area contributed by atoms with Crippen molar-refractivity contribution in [3.8, 4) is 0 Å². The summed E-state index contributed by atoms with van der Waals surface area (Å²) in [5.74, 6) is 1.11. The van der Waals surface area contributed by atoms with Gasteiger partial charge in [-0.15, -0.1) is 12.4 Å². The van der Waals surface area contributed by atoms with Crippen LogP contribution in [0.1, 0.15) is 38.5 Å². The summed E-state index contributed by atoms with van der Waals surface area (Å²) in [7, 11) is 1.95. The third-order valence-electron chi connectivity index (χ3n) is 3.77. The molecule has 1 saturated heterocycles. The molecule has 2 fully saturated rings. The number of nitrogens with zero attached hydrogens (tertiary/aromatic N) is 1. The summed E-state index contributed by atoms with van der Waals surface area (Å²) < 4.78 is 0. The van der Waals surface area contributed by atoms with Crippen LogP contribution in [0.3, 0.4) is 0 Å². The van der Waals surface area contributed by atoms with Gasteiger partial charge in [0.1, 0.15) is 0 Å². The van der Waals surface area contributed by atoms with Crippen molar-refractivity contribution in [2.75, 3.05) is 20.1 Å². The highest BCUT2D eigenvalue weighted by Gasteiger charge is 2.23. The fourth-order valence-corrected chi connectivity index (χ4v) is 2.46. The van der Waals surface area contributed by atoms with Gasteiger partial charge >= 0.3 is 0 Å². The van der Waals surface area contributed by atoms with Gasteiger partial charge in [-0.25, -0.2) is 0 Å². The minimum Gasteiger partial charge on any atom is -0.345 e. The number of amides is 1. The Bertz CT molecular complexity index is 225. The van der Waals surface area contributed by atoms with E-state index in [1.807, 2.05) is 11.9 Å². The summed E-state index contributed by atoms with van der Waals surface area (Å²) in [6, 6.07) is 0.446. The Balaban J connectivity index is 0.00000128. The van der Waals surface area contributed by atoms with Crippen molar-refractivity contribution in [1.82, 2.24) is 10.2 Å². The van der Waals surface area contributed by atoms with Crippen LogP contribution in [0, 0.1) is 5.92 Å². The summed E-state index contributed by atoms with van der Waals surface area (Å²) in [4.78, 5) is 13.8. The van der Waals surface area contributed by atoms with Gasteiger partial charge in [0.25, 0.3) is 0 Å². The topological polar surface area (TPSA) is 32.3 Å². The molecule has 2 rings (SSSR count). The summed E-state index contributed by atoms with van der Waals surface area (Å²) >= 11 is 0. The van der Waals surface area contributed by atoms with Crippen LogP contribution in [-0.4, -0.2) is 37.0 Å². The van der Waals surface area contributed by atoms with Crippen LogP contribution in [0.25, 0.3) is 0 Å². The van der Waals surface area contributed by atoms with E-state index in [4.69, 9.17) is 0 Å². The molecule has 0 aromatic carbocycles. The molecule has 1 aliphatic carbocycles. The van der Waals surface area contributed by atoms with Crippen molar-refractivity contribution < 1.29 is 4.79 Å². The van der Waals surface area contributed by atoms with E-state index in [1.54, 1.807) is 0 Å². The molecule has 1 aliphatic heterocycles. The molecule has 3 nitrogen and oxygen atoms in total. The molecule has 1 atom stereocenters. The second kappa shape index (κ2) is 6.45. The highest BCUT2D eigenvalue weighted by Crippen LogP contribution is 2.27. The van der Waals surface area contributed by atoms with Crippen molar-refractivity contribution in [2.24, 2.45) is 5.92 Å². The van der Waals surface area contributed by atoms with Gasteiger partial charge in [-0.3, -0.25) is 4.79 Å². The van der Waals surface area contributed by atoms with Crippen molar-refractivity contribution in [2.45, 2.75) is 44.6 Å². The summed E-state index contributed by atoms with van der Waals surface area (Å²) in [6.07, 6.45) is 7.09. The van der Waals surface area contributed by atoms with E-state index in [0.29, 0.717) is 18.4 Å². The number of nitrogens with one attached hydrogen (secondary N) is 1. The third-order valence-corrected chi connectivity index (χ3v) is 3.77. The first kappa shape index (κ1) is 13.8. The maximum absolute atomic E-state index is 11.9. The molecule has 2 aliphatic rings. The zero-order valence-electron chi connectivity index (χ0n) is 10.1. The van der Waals surface area contributed by atoms with Crippen LogP contribution in [0.4, 0.5) is 0 Å². The van der Waals surface area contributed by atoms with Crippen LogP contribution < -0.4 is 5.32 Å². The van der Waals surface area contributed by atoms with Crippen LogP contribution in [0.15, 0.2) is 0 Å². The molecule has 0 aromatic heterocycles. The maximum atomic E-state index is 11.9. The van der Waals surface area contributed by atoms with Crippen molar-refractivity contribution in [1.29, 1.82) is 0 Å². The lowest BCUT2D eigenvalue weighted by Crippen LogP contribution is -2.37. The molecule has 0 bridgehead atoms. The first-order valence-electron chi connectivity index (χ1n) is 6.23. The molecule has 1 heterocycles. The number of halogens is 1. The minimum absolute atomic E-state index is 0. The van der Waals surface area contributed by atoms with Crippen LogP contribution >= 0.6 is 12.4 Å². The predicted octanol–water partition coefficient (Wildman–Crippen LogP) is 1.81. The molecule has 94 valence electrons. The Morgan fingerprint density at radius 1 is 1.31 bits per heavy atom. The fraction of sp³-hybridized carbons (Fsp3) is 0.917. The number of carbonyl (C=O) groups excluding carboxylic acids is 1. The number of carbonyl (C=O) groups is 1. The zero-order valence-corrected chi connectivity index (χ0v) is 10.9. The highest BCUT2D eigenvalue weighted by atomic mass is 35.5. The number of hydrogen-bond acceptors (Lipinski definition) is 2. The minimum atomic E-state index is 0. The van der Waals surface area contributed by atoms with Crippen molar-refractivity contribution in [3.05, 3.63) is 0 Å². The fourth-order valence-electron chi connectivity index (χ4n) is 2.46. The van der Waals surface area contributed by atoms with Crippen LogP contribution in [-0.2, 0) is 4.79 Å². The Hall–Kier alpha value is -0.280. The Morgan fingerprint density at radius 2 is 2.06 bits per heavy atom. The van der Waals surface area contributed by atoms with Gasteiger partial charge < -0.3 is 10.2 Å². The molecule has 16 heavy (non-hydrogen) atoms. The van der Waals surface area contributed by atoms with Gasteiger partial charge in [-0.2, -0.15) is 0 Å². The third kappa shape index (κ3) is 3.63. The molecule has 0 radical (unpaired) electrons. The van der Waals surface area contributed by atoms with Crippen molar-refractivity contribution >= 4 is 18.3 Å². The zero-order chi connectivity index (χ0) is 10.7. The van der Waals surface area contributed by atoms with Gasteiger partial charge in [0.2, 0.25) is 5.91 Å². The average molecular weight is 247 g/mol.